The van der Waals surface area contributed by atoms with Crippen molar-refractivity contribution in [3.63, 3.8) is 0 Å². The number of hydrogen-bond acceptors (Lipinski definition) is 10. The van der Waals surface area contributed by atoms with E-state index < -0.39 is 52.1 Å². The Bertz CT molecular complexity index is 1540. The van der Waals surface area contributed by atoms with E-state index in [1.807, 2.05) is 44.2 Å². The molecule has 2 aromatic carbocycles. The predicted molar refractivity (Wildman–Crippen MR) is 187 cm³/mol. The lowest BCUT2D eigenvalue weighted by Crippen LogP contribution is -2.52. The zero-order chi connectivity index (χ0) is 37.0. The molecule has 2 saturated heterocycles. The highest BCUT2D eigenvalue weighted by atomic mass is 32.2. The van der Waals surface area contributed by atoms with E-state index in [0.717, 1.165) is 5.56 Å². The third-order valence-corrected chi connectivity index (χ3v) is 10.8. The molecule has 282 valence electrons. The number of carbonyl (C=O) groups excluding carboxylic acids is 3. The number of amides is 4. The van der Waals surface area contributed by atoms with Crippen molar-refractivity contribution in [3.8, 4) is 5.75 Å². The largest absolute Gasteiger partial charge is 0.497 e. The van der Waals surface area contributed by atoms with Gasteiger partial charge in [0.25, 0.3) is 0 Å². The average molecular weight is 734 g/mol. The van der Waals surface area contributed by atoms with E-state index in [1.54, 1.807) is 12.1 Å². The molecule has 0 radical (unpaired) electrons. The van der Waals surface area contributed by atoms with E-state index in [9.17, 15) is 27.9 Å². The van der Waals surface area contributed by atoms with E-state index in [0.29, 0.717) is 38.2 Å². The summed E-state index contributed by atoms with van der Waals surface area (Å²) in [6.45, 7) is 4.36. The second-order valence-corrected chi connectivity index (χ2v) is 15.4. The molecule has 51 heavy (non-hydrogen) atoms. The SMILES string of the molecule is CNC(=O)CNC(=O)NCCCC(C)(C)CN(C[C@@H](O)[C@H](Cc1ccccc1)NC(=O)O[C@@H]1CO[C@@H]2OCC[C@@H]21)S(=O)(=O)c1ccc(OC)cc1. The molecular weight excluding hydrogens is 682 g/mol. The maximum atomic E-state index is 14.2. The van der Waals surface area contributed by atoms with Gasteiger partial charge < -0.3 is 45.3 Å². The molecule has 5 atom stereocenters. The van der Waals surface area contributed by atoms with Crippen LogP contribution in [0.25, 0.3) is 0 Å². The minimum atomic E-state index is -4.15. The van der Waals surface area contributed by atoms with Crippen molar-refractivity contribution in [2.75, 3.05) is 53.6 Å². The molecule has 15 nitrogen and oxygen atoms in total. The lowest BCUT2D eigenvalue weighted by molar-refractivity contribution is -0.119. The molecule has 2 heterocycles. The third-order valence-electron chi connectivity index (χ3n) is 9.01. The summed E-state index contributed by atoms with van der Waals surface area (Å²) in [6, 6.07) is 13.9. The fraction of sp³-hybridized carbons (Fsp3) is 0.571. The van der Waals surface area contributed by atoms with Crippen LogP contribution in [-0.4, -0.2) is 114 Å². The standard InChI is InChI=1S/C35H51N5O10S/c1-35(2,16-8-17-37-33(43)38-20-31(42)36-3)23-40(51(45,46)26-13-11-25(47-4)12-14-26)21-29(41)28(19-24-9-6-5-7-10-24)39-34(44)50-30-22-49-32-27(30)15-18-48-32/h5-7,9-14,27-30,32,41H,8,15-23H2,1-4H3,(H,36,42)(H,39,44)(H2,37,38,43)/t27-,28+,29-,30-,32+/m1/s1. The first-order chi connectivity index (χ1) is 24.3. The molecule has 16 heteroatoms. The van der Waals surface area contributed by atoms with Gasteiger partial charge in [-0.25, -0.2) is 18.0 Å². The molecule has 0 saturated carbocycles. The second kappa shape index (κ2) is 18.5. The molecule has 4 rings (SSSR count). The molecule has 2 aliphatic heterocycles. The van der Waals surface area contributed by atoms with Crippen LogP contribution in [0, 0.1) is 11.3 Å². The van der Waals surface area contributed by atoms with Crippen molar-refractivity contribution < 1.29 is 46.9 Å². The molecule has 0 aliphatic carbocycles. The van der Waals surface area contributed by atoms with Crippen molar-refractivity contribution >= 4 is 28.1 Å². The van der Waals surface area contributed by atoms with Gasteiger partial charge in [-0.1, -0.05) is 44.2 Å². The van der Waals surface area contributed by atoms with Crippen molar-refractivity contribution in [2.24, 2.45) is 11.3 Å². The Labute approximate surface area is 299 Å². The van der Waals surface area contributed by atoms with Crippen LogP contribution in [0.5, 0.6) is 5.75 Å². The zero-order valence-electron chi connectivity index (χ0n) is 29.6. The van der Waals surface area contributed by atoms with Gasteiger partial charge >= 0.3 is 12.1 Å². The highest BCUT2D eigenvalue weighted by Crippen LogP contribution is 2.33. The Morgan fingerprint density at radius 1 is 1.06 bits per heavy atom. The summed E-state index contributed by atoms with van der Waals surface area (Å²) in [5.74, 6) is 0.0831. The highest BCUT2D eigenvalue weighted by molar-refractivity contribution is 7.89. The zero-order valence-corrected chi connectivity index (χ0v) is 30.4. The number of ether oxygens (including phenoxy) is 4. The molecule has 2 aliphatic rings. The van der Waals surface area contributed by atoms with E-state index >= 15 is 0 Å². The Morgan fingerprint density at radius 2 is 1.78 bits per heavy atom. The van der Waals surface area contributed by atoms with E-state index in [2.05, 4.69) is 21.3 Å². The number of hydrogen-bond donors (Lipinski definition) is 5. The van der Waals surface area contributed by atoms with Gasteiger partial charge in [0.1, 0.15) is 11.9 Å². The molecule has 2 fully saturated rings. The number of likely N-dealkylation sites (N-methyl/N-ethyl adjacent to an activating group) is 1. The minimum Gasteiger partial charge on any atom is -0.497 e. The van der Waals surface area contributed by atoms with Gasteiger partial charge in [-0.2, -0.15) is 4.31 Å². The molecule has 2 aromatic rings. The smallest absolute Gasteiger partial charge is 0.407 e. The van der Waals surface area contributed by atoms with Crippen LogP contribution >= 0.6 is 0 Å². The maximum Gasteiger partial charge on any atom is 0.407 e. The first-order valence-electron chi connectivity index (χ1n) is 17.1. The van der Waals surface area contributed by atoms with Crippen LogP contribution in [0.4, 0.5) is 9.59 Å². The number of urea groups is 1. The normalized spacial score (nSPS) is 19.8. The summed E-state index contributed by atoms with van der Waals surface area (Å²) in [6.07, 6.45) is -1.05. The molecule has 0 aromatic heterocycles. The summed E-state index contributed by atoms with van der Waals surface area (Å²) in [7, 11) is -1.19. The second-order valence-electron chi connectivity index (χ2n) is 13.5. The van der Waals surface area contributed by atoms with Crippen LogP contribution in [0.15, 0.2) is 59.5 Å². The summed E-state index contributed by atoms with van der Waals surface area (Å²) < 4.78 is 51.7. The van der Waals surface area contributed by atoms with Crippen molar-refractivity contribution in [2.45, 2.75) is 69.0 Å². The van der Waals surface area contributed by atoms with Crippen LogP contribution < -0.4 is 26.0 Å². The Balaban J connectivity index is 1.49. The fourth-order valence-corrected chi connectivity index (χ4v) is 7.79. The number of aliphatic hydroxyl groups is 1. The van der Waals surface area contributed by atoms with Gasteiger partial charge in [-0.3, -0.25) is 4.79 Å². The van der Waals surface area contributed by atoms with Gasteiger partial charge in [-0.15, -0.1) is 0 Å². The van der Waals surface area contributed by atoms with E-state index in [1.165, 1.54) is 30.6 Å². The van der Waals surface area contributed by atoms with Crippen LogP contribution in [0.1, 0.15) is 38.7 Å². The number of aliphatic hydroxyl groups excluding tert-OH is 1. The number of carbonyl (C=O) groups is 3. The third kappa shape index (κ3) is 11.8. The first-order valence-corrected chi connectivity index (χ1v) is 18.5. The van der Waals surface area contributed by atoms with Gasteiger partial charge in [-0.05, 0) is 60.9 Å². The number of rotatable bonds is 18. The number of nitrogens with one attached hydrogen (secondary N) is 4. The Morgan fingerprint density at radius 3 is 2.47 bits per heavy atom. The quantitative estimate of drug-likeness (QED) is 0.142. The van der Waals surface area contributed by atoms with Gasteiger partial charge in [0, 0.05) is 26.7 Å². The first kappa shape index (κ1) is 39.8. The Kier molecular flexibility index (Phi) is 14.4. The number of alkyl carbamates (subject to hydrolysis) is 1. The number of methoxy groups -OCH3 is 1. The minimum absolute atomic E-state index is 0.0160. The molecule has 4 amide bonds. The molecular formula is C35H51N5O10S. The van der Waals surface area contributed by atoms with Gasteiger partial charge in [0.05, 0.1) is 49.8 Å². The molecule has 0 bridgehead atoms. The van der Waals surface area contributed by atoms with E-state index in [-0.39, 0.29) is 49.4 Å². The number of sulfonamides is 1. The Hall–Kier alpha value is -3.96. The number of fused-ring (bicyclic) bond motifs is 1. The van der Waals surface area contributed by atoms with Crippen molar-refractivity contribution in [3.05, 3.63) is 60.2 Å². The fourth-order valence-electron chi connectivity index (χ4n) is 6.14. The van der Waals surface area contributed by atoms with Crippen LogP contribution in [-0.2, 0) is 35.4 Å². The van der Waals surface area contributed by atoms with Crippen LogP contribution in [0.3, 0.4) is 0 Å². The summed E-state index contributed by atoms with van der Waals surface area (Å²) in [5.41, 5.74) is 0.218. The van der Waals surface area contributed by atoms with Crippen molar-refractivity contribution in [1.82, 2.24) is 25.6 Å². The van der Waals surface area contributed by atoms with Gasteiger partial charge in [0.15, 0.2) is 6.29 Å². The topological polar surface area (TPSA) is 194 Å². The van der Waals surface area contributed by atoms with E-state index in [4.69, 9.17) is 18.9 Å². The summed E-state index contributed by atoms with van der Waals surface area (Å²) in [5, 5.41) is 22.1. The number of nitrogens with zero attached hydrogens (tertiary/aromatic N) is 1. The predicted octanol–water partition coefficient (Wildman–Crippen LogP) is 2.00. The maximum absolute atomic E-state index is 14.2. The lowest BCUT2D eigenvalue weighted by Gasteiger charge is -2.35. The number of benzene rings is 2. The molecule has 0 unspecified atom stereocenters. The summed E-state index contributed by atoms with van der Waals surface area (Å²) in [4.78, 5) is 36.7. The summed E-state index contributed by atoms with van der Waals surface area (Å²) >= 11 is 0. The molecule has 5 N–H and O–H groups in total. The monoisotopic (exact) mass is 733 g/mol. The van der Waals surface area contributed by atoms with Gasteiger partial charge in [0.2, 0.25) is 15.9 Å². The lowest BCUT2D eigenvalue weighted by atomic mass is 9.87. The average Bonchev–Trinajstić information content (AvgIpc) is 3.74. The van der Waals surface area contributed by atoms with Crippen molar-refractivity contribution in [1.29, 1.82) is 0 Å². The molecule has 0 spiro atoms. The highest BCUT2D eigenvalue weighted by Gasteiger charge is 2.44. The van der Waals surface area contributed by atoms with Crippen LogP contribution in [0.2, 0.25) is 0 Å².